The first-order chi connectivity index (χ1) is 8.08. The minimum absolute atomic E-state index is 0.0766. The fourth-order valence-electron chi connectivity index (χ4n) is 1.54. The van der Waals surface area contributed by atoms with Gasteiger partial charge in [-0.1, -0.05) is 17.7 Å². The summed E-state index contributed by atoms with van der Waals surface area (Å²) in [7, 11) is 0. The van der Waals surface area contributed by atoms with Gasteiger partial charge in [0, 0.05) is 12.0 Å². The number of aliphatic hydroxyl groups excluding tert-OH is 1. The van der Waals surface area contributed by atoms with Gasteiger partial charge in [-0.15, -0.1) is 0 Å². The minimum atomic E-state index is -0.747. The Bertz CT molecular complexity index is 527. The quantitative estimate of drug-likeness (QED) is 0.923. The molecular weight excluding hydrogens is 310 g/mol. The molecular formula is C12H9BrClFO2. The zero-order valence-corrected chi connectivity index (χ0v) is 11.0. The number of benzene rings is 1. The summed E-state index contributed by atoms with van der Waals surface area (Å²) in [4.78, 5) is 0. The van der Waals surface area contributed by atoms with Gasteiger partial charge in [-0.25, -0.2) is 4.39 Å². The summed E-state index contributed by atoms with van der Waals surface area (Å²) < 4.78 is 18.7. The number of aliphatic hydroxyl groups is 1. The van der Waals surface area contributed by atoms with E-state index in [1.54, 1.807) is 12.1 Å². The van der Waals surface area contributed by atoms with Gasteiger partial charge in [-0.3, -0.25) is 0 Å². The lowest BCUT2D eigenvalue weighted by Gasteiger charge is -2.09. The molecule has 0 spiro atoms. The molecule has 1 atom stereocenters. The SMILES string of the molecule is OC(Cc1ccc(Cl)c(F)c1)c1ccoc1Br. The first-order valence-electron chi connectivity index (χ1n) is 4.93. The van der Waals surface area contributed by atoms with E-state index in [0.717, 1.165) is 0 Å². The van der Waals surface area contributed by atoms with Crippen molar-refractivity contribution in [2.24, 2.45) is 0 Å². The molecule has 0 amide bonds. The standard InChI is InChI=1S/C12H9BrClFO2/c13-12-8(3-4-17-12)11(16)6-7-1-2-9(14)10(15)5-7/h1-5,11,16H,6H2. The molecule has 2 rings (SSSR count). The van der Waals surface area contributed by atoms with Crippen LogP contribution in [0.5, 0.6) is 0 Å². The number of furan rings is 1. The van der Waals surface area contributed by atoms with Crippen molar-refractivity contribution >= 4 is 27.5 Å². The second-order valence-electron chi connectivity index (χ2n) is 3.62. The molecule has 90 valence electrons. The zero-order valence-electron chi connectivity index (χ0n) is 8.66. The summed E-state index contributed by atoms with van der Waals surface area (Å²) in [5.41, 5.74) is 1.31. The van der Waals surface area contributed by atoms with Crippen LogP contribution in [-0.2, 0) is 6.42 Å². The van der Waals surface area contributed by atoms with E-state index >= 15 is 0 Å². The van der Waals surface area contributed by atoms with E-state index in [1.165, 1.54) is 18.4 Å². The molecule has 1 aromatic heterocycles. The van der Waals surface area contributed by atoms with Gasteiger partial charge in [0.05, 0.1) is 17.4 Å². The topological polar surface area (TPSA) is 33.4 Å². The molecule has 0 fully saturated rings. The summed E-state index contributed by atoms with van der Waals surface area (Å²) in [6.07, 6.45) is 1.03. The van der Waals surface area contributed by atoms with Crippen LogP contribution < -0.4 is 0 Å². The van der Waals surface area contributed by atoms with Crippen LogP contribution in [0.4, 0.5) is 4.39 Å². The lowest BCUT2D eigenvalue weighted by molar-refractivity contribution is 0.176. The fraction of sp³-hybridized carbons (Fsp3) is 0.167. The molecule has 1 unspecified atom stereocenters. The Morgan fingerprint density at radius 1 is 1.41 bits per heavy atom. The van der Waals surface area contributed by atoms with E-state index in [1.807, 2.05) is 0 Å². The average Bonchev–Trinajstić information content (AvgIpc) is 2.70. The van der Waals surface area contributed by atoms with Crippen molar-refractivity contribution in [2.75, 3.05) is 0 Å². The Morgan fingerprint density at radius 3 is 2.76 bits per heavy atom. The molecule has 0 aliphatic carbocycles. The highest BCUT2D eigenvalue weighted by atomic mass is 79.9. The second-order valence-corrected chi connectivity index (χ2v) is 4.75. The van der Waals surface area contributed by atoms with Crippen molar-refractivity contribution in [3.63, 3.8) is 0 Å². The maximum atomic E-state index is 13.2. The molecule has 0 aliphatic heterocycles. The van der Waals surface area contributed by atoms with Gasteiger partial charge in [-0.05, 0) is 39.7 Å². The lowest BCUT2D eigenvalue weighted by atomic mass is 10.0. The Kier molecular flexibility index (Phi) is 3.86. The fourth-order valence-corrected chi connectivity index (χ4v) is 2.16. The van der Waals surface area contributed by atoms with Crippen molar-refractivity contribution in [1.82, 2.24) is 0 Å². The van der Waals surface area contributed by atoms with Crippen molar-refractivity contribution < 1.29 is 13.9 Å². The Labute approximate surface area is 111 Å². The van der Waals surface area contributed by atoms with Crippen LogP contribution in [0.2, 0.25) is 5.02 Å². The Hall–Kier alpha value is -0.840. The molecule has 1 N–H and O–H groups in total. The van der Waals surface area contributed by atoms with Crippen LogP contribution >= 0.6 is 27.5 Å². The van der Waals surface area contributed by atoms with Crippen LogP contribution in [0.3, 0.4) is 0 Å². The van der Waals surface area contributed by atoms with Crippen LogP contribution in [-0.4, -0.2) is 5.11 Å². The van der Waals surface area contributed by atoms with E-state index in [0.29, 0.717) is 22.2 Å². The van der Waals surface area contributed by atoms with Crippen LogP contribution in [0.15, 0.2) is 39.6 Å². The van der Waals surface area contributed by atoms with Gasteiger partial charge in [0.1, 0.15) is 5.82 Å². The predicted octanol–water partition coefficient (Wildman–Crippen LogP) is 4.11. The van der Waals surface area contributed by atoms with E-state index in [-0.39, 0.29) is 5.02 Å². The molecule has 0 bridgehead atoms. The highest BCUT2D eigenvalue weighted by Crippen LogP contribution is 2.27. The predicted molar refractivity (Wildman–Crippen MR) is 66.5 cm³/mol. The normalized spacial score (nSPS) is 12.7. The average molecular weight is 320 g/mol. The van der Waals surface area contributed by atoms with Gasteiger partial charge >= 0.3 is 0 Å². The second kappa shape index (κ2) is 5.21. The van der Waals surface area contributed by atoms with Gasteiger partial charge in [0.15, 0.2) is 4.67 Å². The van der Waals surface area contributed by atoms with Crippen molar-refractivity contribution in [3.8, 4) is 0 Å². The maximum absolute atomic E-state index is 13.2. The molecule has 5 heteroatoms. The highest BCUT2D eigenvalue weighted by Gasteiger charge is 2.15. The van der Waals surface area contributed by atoms with Crippen LogP contribution in [0.25, 0.3) is 0 Å². The van der Waals surface area contributed by atoms with Crippen molar-refractivity contribution in [1.29, 1.82) is 0 Å². The largest absolute Gasteiger partial charge is 0.457 e. The van der Waals surface area contributed by atoms with Gasteiger partial charge in [-0.2, -0.15) is 0 Å². The summed E-state index contributed by atoms with van der Waals surface area (Å²) >= 11 is 8.77. The first kappa shape index (κ1) is 12.6. The molecule has 17 heavy (non-hydrogen) atoms. The number of hydrogen-bond donors (Lipinski definition) is 1. The van der Waals surface area contributed by atoms with Crippen LogP contribution in [0, 0.1) is 5.82 Å². The summed E-state index contributed by atoms with van der Waals surface area (Å²) in [6.45, 7) is 0. The van der Waals surface area contributed by atoms with Gasteiger partial charge in [0.25, 0.3) is 0 Å². The maximum Gasteiger partial charge on any atom is 0.174 e. The molecule has 1 heterocycles. The summed E-state index contributed by atoms with van der Waals surface area (Å²) in [5, 5.41) is 10.0. The van der Waals surface area contributed by atoms with Crippen molar-refractivity contribution in [3.05, 3.63) is 57.2 Å². The van der Waals surface area contributed by atoms with Crippen LogP contribution in [0.1, 0.15) is 17.2 Å². The zero-order chi connectivity index (χ0) is 12.4. The third kappa shape index (κ3) is 2.89. The Morgan fingerprint density at radius 2 is 2.18 bits per heavy atom. The van der Waals surface area contributed by atoms with Gasteiger partial charge in [0.2, 0.25) is 0 Å². The van der Waals surface area contributed by atoms with Gasteiger partial charge < -0.3 is 9.52 Å². The smallest absolute Gasteiger partial charge is 0.174 e. The minimum Gasteiger partial charge on any atom is -0.457 e. The monoisotopic (exact) mass is 318 g/mol. The van der Waals surface area contributed by atoms with E-state index in [4.69, 9.17) is 16.0 Å². The molecule has 2 aromatic rings. The molecule has 2 nitrogen and oxygen atoms in total. The first-order valence-corrected chi connectivity index (χ1v) is 6.10. The third-order valence-corrected chi connectivity index (χ3v) is 3.37. The molecule has 0 aliphatic rings. The summed E-state index contributed by atoms with van der Waals surface area (Å²) in [5.74, 6) is -0.484. The van der Waals surface area contributed by atoms with E-state index < -0.39 is 11.9 Å². The highest BCUT2D eigenvalue weighted by molar-refractivity contribution is 9.10. The third-order valence-electron chi connectivity index (χ3n) is 2.42. The number of rotatable bonds is 3. The number of halogens is 3. The molecule has 0 saturated heterocycles. The summed E-state index contributed by atoms with van der Waals surface area (Å²) in [6, 6.07) is 6.15. The molecule has 0 radical (unpaired) electrons. The lowest BCUT2D eigenvalue weighted by Crippen LogP contribution is -2.01. The Balaban J connectivity index is 2.16. The van der Waals surface area contributed by atoms with E-state index in [2.05, 4.69) is 15.9 Å². The van der Waals surface area contributed by atoms with Crippen molar-refractivity contribution in [2.45, 2.75) is 12.5 Å². The molecule has 1 aromatic carbocycles. The number of hydrogen-bond acceptors (Lipinski definition) is 2. The molecule has 0 saturated carbocycles. The van der Waals surface area contributed by atoms with E-state index in [9.17, 15) is 9.50 Å².